The summed E-state index contributed by atoms with van der Waals surface area (Å²) in [6.07, 6.45) is 0.776. The van der Waals surface area contributed by atoms with Crippen LogP contribution in [0, 0.1) is 0 Å². The van der Waals surface area contributed by atoms with Crippen LogP contribution < -0.4 is 10.6 Å². The smallest absolute Gasteiger partial charge is 0.0810 e. The molecular weight excluding hydrogens is 236 g/mol. The Hall–Kier alpha value is -0.770. The molecule has 4 heteroatoms. The summed E-state index contributed by atoms with van der Waals surface area (Å²) in [5.74, 6) is 0. The van der Waals surface area contributed by atoms with Crippen LogP contribution in [0.2, 0.25) is 5.02 Å². The molecule has 1 saturated heterocycles. The van der Waals surface area contributed by atoms with Crippen molar-refractivity contribution in [3.8, 4) is 0 Å². The van der Waals surface area contributed by atoms with Gasteiger partial charge >= 0.3 is 0 Å². The normalized spacial score (nSPS) is 26.3. The van der Waals surface area contributed by atoms with Gasteiger partial charge in [0, 0.05) is 19.1 Å². The van der Waals surface area contributed by atoms with Crippen molar-refractivity contribution in [2.45, 2.75) is 31.9 Å². The summed E-state index contributed by atoms with van der Waals surface area (Å²) in [4.78, 5) is 2.12. The Bertz CT molecular complexity index is 418. The van der Waals surface area contributed by atoms with Gasteiger partial charge in [-0.25, -0.2) is 0 Å². The van der Waals surface area contributed by atoms with Crippen LogP contribution in [-0.2, 0) is 0 Å². The zero-order valence-corrected chi connectivity index (χ0v) is 11.0. The van der Waals surface area contributed by atoms with E-state index in [1.807, 2.05) is 32.0 Å². The van der Waals surface area contributed by atoms with Crippen molar-refractivity contribution in [3.63, 3.8) is 0 Å². The number of halogens is 1. The first-order chi connectivity index (χ1) is 7.89. The summed E-state index contributed by atoms with van der Waals surface area (Å²) in [5, 5.41) is 10.7. The lowest BCUT2D eigenvalue weighted by molar-refractivity contribution is 0.0839. The fraction of sp³-hybridized carbons (Fsp3) is 0.538. The highest BCUT2D eigenvalue weighted by Gasteiger charge is 2.32. The maximum absolute atomic E-state index is 9.96. The van der Waals surface area contributed by atoms with E-state index in [0.29, 0.717) is 11.6 Å². The number of hydrogen-bond donors (Lipinski definition) is 2. The maximum atomic E-state index is 9.96. The monoisotopic (exact) mass is 254 g/mol. The Balaban J connectivity index is 2.23. The molecule has 2 atom stereocenters. The molecule has 0 spiro atoms. The van der Waals surface area contributed by atoms with Crippen LogP contribution >= 0.6 is 11.6 Å². The number of β-amino-alcohol motifs (C(OH)–C–C–N with tert-alkyl or cyclic N) is 1. The number of nitrogens with zero attached hydrogens (tertiary/aromatic N) is 1. The first-order valence-electron chi connectivity index (χ1n) is 5.91. The van der Waals surface area contributed by atoms with Crippen LogP contribution in [0.1, 0.15) is 31.9 Å². The Morgan fingerprint density at radius 3 is 2.71 bits per heavy atom. The molecule has 0 radical (unpaired) electrons. The van der Waals surface area contributed by atoms with E-state index in [1.54, 1.807) is 0 Å². The zero-order valence-electron chi connectivity index (χ0n) is 10.3. The maximum Gasteiger partial charge on any atom is 0.0810 e. The standard InChI is InChI=1S/C13H19ClN2O/c1-9(15)10-3-4-12(11(14)7-10)16-6-5-13(2,17)8-16/h3-4,7,9,17H,5-6,8,15H2,1-2H3/t9-,13?/m0/s1. The number of aliphatic hydroxyl groups is 1. The van der Waals surface area contributed by atoms with E-state index in [-0.39, 0.29) is 6.04 Å². The quantitative estimate of drug-likeness (QED) is 0.852. The van der Waals surface area contributed by atoms with Crippen molar-refractivity contribution < 1.29 is 5.11 Å². The summed E-state index contributed by atoms with van der Waals surface area (Å²) in [7, 11) is 0. The first kappa shape index (κ1) is 12.7. The highest BCUT2D eigenvalue weighted by Crippen LogP contribution is 2.33. The molecule has 1 aromatic carbocycles. The van der Waals surface area contributed by atoms with Gasteiger partial charge in [0.05, 0.1) is 16.3 Å². The molecule has 3 N–H and O–H groups in total. The fourth-order valence-electron chi connectivity index (χ4n) is 2.21. The van der Waals surface area contributed by atoms with Crippen LogP contribution in [0.25, 0.3) is 0 Å². The van der Waals surface area contributed by atoms with E-state index in [9.17, 15) is 5.11 Å². The minimum absolute atomic E-state index is 0.0109. The van der Waals surface area contributed by atoms with Gasteiger partial charge in [-0.05, 0) is 38.0 Å². The molecule has 17 heavy (non-hydrogen) atoms. The molecule has 1 aliphatic rings. The second-order valence-electron chi connectivity index (χ2n) is 5.17. The molecule has 0 amide bonds. The number of anilines is 1. The topological polar surface area (TPSA) is 49.5 Å². The van der Waals surface area contributed by atoms with Gasteiger partial charge in [0.15, 0.2) is 0 Å². The van der Waals surface area contributed by atoms with Gasteiger partial charge in [0.1, 0.15) is 0 Å². The lowest BCUT2D eigenvalue weighted by Gasteiger charge is -2.22. The van der Waals surface area contributed by atoms with Gasteiger partial charge in [-0.15, -0.1) is 0 Å². The highest BCUT2D eigenvalue weighted by molar-refractivity contribution is 6.33. The zero-order chi connectivity index (χ0) is 12.6. The highest BCUT2D eigenvalue weighted by atomic mass is 35.5. The summed E-state index contributed by atoms with van der Waals surface area (Å²) in [6, 6.07) is 5.89. The fourth-order valence-corrected chi connectivity index (χ4v) is 2.52. The van der Waals surface area contributed by atoms with Gasteiger partial charge in [0.2, 0.25) is 0 Å². The van der Waals surface area contributed by atoms with E-state index >= 15 is 0 Å². The van der Waals surface area contributed by atoms with Gasteiger partial charge in [-0.2, -0.15) is 0 Å². The lowest BCUT2D eigenvalue weighted by atomic mass is 10.1. The largest absolute Gasteiger partial charge is 0.388 e. The Kier molecular flexibility index (Phi) is 3.34. The Morgan fingerprint density at radius 1 is 1.53 bits per heavy atom. The van der Waals surface area contributed by atoms with Gasteiger partial charge in [0.25, 0.3) is 0 Å². The van der Waals surface area contributed by atoms with E-state index < -0.39 is 5.60 Å². The lowest BCUT2D eigenvalue weighted by Crippen LogP contribution is -2.29. The summed E-state index contributed by atoms with van der Waals surface area (Å²) >= 11 is 6.27. The SMILES string of the molecule is C[C@H](N)c1ccc(N2CCC(C)(O)C2)c(Cl)c1. The summed E-state index contributed by atoms with van der Waals surface area (Å²) < 4.78 is 0. The molecule has 1 unspecified atom stereocenters. The molecule has 1 aromatic rings. The minimum atomic E-state index is -0.608. The summed E-state index contributed by atoms with van der Waals surface area (Å²) in [6.45, 7) is 5.26. The molecule has 0 saturated carbocycles. The number of nitrogens with two attached hydrogens (primary N) is 1. The van der Waals surface area contributed by atoms with Crippen molar-refractivity contribution in [1.29, 1.82) is 0 Å². The third kappa shape index (κ3) is 2.73. The Morgan fingerprint density at radius 2 is 2.24 bits per heavy atom. The molecule has 1 fully saturated rings. The Labute approximate surface area is 107 Å². The van der Waals surface area contributed by atoms with Crippen molar-refractivity contribution in [2.24, 2.45) is 5.73 Å². The van der Waals surface area contributed by atoms with Crippen molar-refractivity contribution >= 4 is 17.3 Å². The second-order valence-corrected chi connectivity index (χ2v) is 5.58. The molecule has 94 valence electrons. The molecule has 0 bridgehead atoms. The molecular formula is C13H19ClN2O. The molecule has 2 rings (SSSR count). The average molecular weight is 255 g/mol. The van der Waals surface area contributed by atoms with Crippen LogP contribution in [0.3, 0.4) is 0 Å². The number of hydrogen-bond acceptors (Lipinski definition) is 3. The predicted octanol–water partition coefficient (Wildman–Crippen LogP) is 2.32. The van der Waals surface area contributed by atoms with E-state index in [0.717, 1.165) is 24.2 Å². The predicted molar refractivity (Wildman–Crippen MR) is 71.5 cm³/mol. The molecule has 1 aliphatic heterocycles. The average Bonchev–Trinajstić information content (AvgIpc) is 2.58. The third-order valence-electron chi connectivity index (χ3n) is 3.29. The van der Waals surface area contributed by atoms with Crippen molar-refractivity contribution in [2.75, 3.05) is 18.0 Å². The summed E-state index contributed by atoms with van der Waals surface area (Å²) in [5.41, 5.74) is 7.22. The molecule has 3 nitrogen and oxygen atoms in total. The number of benzene rings is 1. The van der Waals surface area contributed by atoms with Gasteiger partial charge in [-0.1, -0.05) is 17.7 Å². The van der Waals surface area contributed by atoms with Crippen LogP contribution in [0.4, 0.5) is 5.69 Å². The van der Waals surface area contributed by atoms with Crippen LogP contribution in [0.15, 0.2) is 18.2 Å². The van der Waals surface area contributed by atoms with Crippen LogP contribution in [-0.4, -0.2) is 23.8 Å². The van der Waals surface area contributed by atoms with Crippen molar-refractivity contribution in [1.82, 2.24) is 0 Å². The third-order valence-corrected chi connectivity index (χ3v) is 3.59. The van der Waals surface area contributed by atoms with Crippen LogP contribution in [0.5, 0.6) is 0 Å². The molecule has 1 heterocycles. The molecule has 0 aromatic heterocycles. The first-order valence-corrected chi connectivity index (χ1v) is 6.29. The second kappa shape index (κ2) is 4.48. The van der Waals surface area contributed by atoms with Gasteiger partial charge < -0.3 is 15.7 Å². The minimum Gasteiger partial charge on any atom is -0.388 e. The van der Waals surface area contributed by atoms with Crippen molar-refractivity contribution in [3.05, 3.63) is 28.8 Å². The number of rotatable bonds is 2. The van der Waals surface area contributed by atoms with E-state index in [1.165, 1.54) is 0 Å². The van der Waals surface area contributed by atoms with E-state index in [4.69, 9.17) is 17.3 Å². The van der Waals surface area contributed by atoms with Gasteiger partial charge in [-0.3, -0.25) is 0 Å². The van der Waals surface area contributed by atoms with E-state index in [2.05, 4.69) is 4.90 Å². The molecule has 0 aliphatic carbocycles.